The number of amides is 1. The molecule has 1 amide bonds. The van der Waals surface area contributed by atoms with Crippen molar-refractivity contribution in [1.29, 1.82) is 0 Å². The van der Waals surface area contributed by atoms with Crippen LogP contribution in [0.25, 0.3) is 11.1 Å². The SMILES string of the molecule is Cc1cc(-c2ccc(N3C[C@@H](C)C[C@H](C)C3)cc2CNC(=O)c2cc(C)on2)cc(C)n1. The fraction of sp³-hybridized carbons (Fsp3) is 0.423. The van der Waals surface area contributed by atoms with E-state index in [4.69, 9.17) is 4.52 Å². The Hall–Kier alpha value is -3.15. The maximum atomic E-state index is 12.6. The highest BCUT2D eigenvalue weighted by Gasteiger charge is 2.23. The molecule has 1 fully saturated rings. The number of anilines is 1. The number of pyridine rings is 1. The summed E-state index contributed by atoms with van der Waals surface area (Å²) >= 11 is 0. The Labute approximate surface area is 190 Å². The summed E-state index contributed by atoms with van der Waals surface area (Å²) in [5, 5.41) is 6.86. The summed E-state index contributed by atoms with van der Waals surface area (Å²) in [6.45, 7) is 13.0. The summed E-state index contributed by atoms with van der Waals surface area (Å²) in [6, 6.07) is 12.4. The summed E-state index contributed by atoms with van der Waals surface area (Å²) in [7, 11) is 0. The van der Waals surface area contributed by atoms with E-state index in [1.165, 1.54) is 12.1 Å². The lowest BCUT2D eigenvalue weighted by Gasteiger charge is -2.37. The van der Waals surface area contributed by atoms with Gasteiger partial charge in [-0.05, 0) is 80.0 Å². The minimum Gasteiger partial charge on any atom is -0.371 e. The normalized spacial score (nSPS) is 18.6. The summed E-state index contributed by atoms with van der Waals surface area (Å²) in [5.41, 5.74) is 6.77. The van der Waals surface area contributed by atoms with Gasteiger partial charge >= 0.3 is 0 Å². The van der Waals surface area contributed by atoms with E-state index in [2.05, 4.69) is 64.5 Å². The van der Waals surface area contributed by atoms with Crippen molar-refractivity contribution < 1.29 is 9.32 Å². The molecule has 0 unspecified atom stereocenters. The van der Waals surface area contributed by atoms with Gasteiger partial charge in [-0.1, -0.05) is 25.1 Å². The van der Waals surface area contributed by atoms with Crippen molar-refractivity contribution in [1.82, 2.24) is 15.5 Å². The highest BCUT2D eigenvalue weighted by atomic mass is 16.5. The van der Waals surface area contributed by atoms with Gasteiger partial charge < -0.3 is 14.7 Å². The Morgan fingerprint density at radius 3 is 2.38 bits per heavy atom. The van der Waals surface area contributed by atoms with Gasteiger partial charge in [0.05, 0.1) is 0 Å². The van der Waals surface area contributed by atoms with E-state index in [9.17, 15) is 4.79 Å². The fourth-order valence-electron chi connectivity index (χ4n) is 4.81. The number of piperidine rings is 1. The van der Waals surface area contributed by atoms with Crippen LogP contribution in [-0.4, -0.2) is 29.1 Å². The zero-order valence-corrected chi connectivity index (χ0v) is 19.6. The van der Waals surface area contributed by atoms with E-state index < -0.39 is 0 Å². The molecule has 0 aliphatic carbocycles. The van der Waals surface area contributed by atoms with Crippen molar-refractivity contribution in [2.45, 2.75) is 47.6 Å². The smallest absolute Gasteiger partial charge is 0.273 e. The largest absolute Gasteiger partial charge is 0.371 e. The highest BCUT2D eigenvalue weighted by molar-refractivity contribution is 5.92. The molecule has 2 aromatic heterocycles. The number of carbonyl (C=O) groups excluding carboxylic acids is 1. The molecule has 1 aromatic carbocycles. The van der Waals surface area contributed by atoms with Crippen LogP contribution in [0, 0.1) is 32.6 Å². The maximum Gasteiger partial charge on any atom is 0.273 e. The molecule has 6 nitrogen and oxygen atoms in total. The first-order chi connectivity index (χ1) is 15.3. The van der Waals surface area contributed by atoms with Crippen molar-refractivity contribution >= 4 is 11.6 Å². The van der Waals surface area contributed by atoms with Crippen LogP contribution < -0.4 is 10.2 Å². The molecular formula is C26H32N4O2. The van der Waals surface area contributed by atoms with E-state index in [-0.39, 0.29) is 5.91 Å². The minimum atomic E-state index is -0.236. The van der Waals surface area contributed by atoms with Gasteiger partial charge in [-0.25, -0.2) is 0 Å². The number of hydrogen-bond acceptors (Lipinski definition) is 5. The third-order valence-electron chi connectivity index (χ3n) is 6.02. The van der Waals surface area contributed by atoms with E-state index in [1.54, 1.807) is 13.0 Å². The van der Waals surface area contributed by atoms with Crippen LogP contribution in [0.1, 0.15) is 53.5 Å². The van der Waals surface area contributed by atoms with Crippen LogP contribution in [-0.2, 0) is 6.54 Å². The number of aromatic nitrogens is 2. The molecular weight excluding hydrogens is 400 g/mol. The van der Waals surface area contributed by atoms with Gasteiger partial charge in [0.1, 0.15) is 5.76 Å². The predicted molar refractivity (Wildman–Crippen MR) is 127 cm³/mol. The molecule has 3 aromatic rings. The zero-order valence-electron chi connectivity index (χ0n) is 19.6. The third kappa shape index (κ3) is 5.01. The second-order valence-corrected chi connectivity index (χ2v) is 9.34. The standard InChI is InChI=1S/C26H32N4O2/c1-16-8-17(2)15-30(14-16)23-6-7-24(21-9-18(3)28-19(4)10-21)22(12-23)13-27-26(31)25-11-20(5)32-29-25/h6-7,9-12,16-17H,8,13-15H2,1-5H3,(H,27,31)/t16-,17-/m0/s1. The van der Waals surface area contributed by atoms with Crippen molar-refractivity contribution in [3.05, 3.63) is 64.8 Å². The second-order valence-electron chi connectivity index (χ2n) is 9.34. The number of rotatable bonds is 5. The molecule has 32 heavy (non-hydrogen) atoms. The first-order valence-corrected chi connectivity index (χ1v) is 11.3. The second kappa shape index (κ2) is 9.15. The molecule has 6 heteroatoms. The number of nitrogens with zero attached hydrogens (tertiary/aromatic N) is 3. The quantitative estimate of drug-likeness (QED) is 0.609. The van der Waals surface area contributed by atoms with E-state index in [0.29, 0.717) is 29.8 Å². The maximum absolute atomic E-state index is 12.6. The van der Waals surface area contributed by atoms with Gasteiger partial charge in [0, 0.05) is 42.8 Å². The third-order valence-corrected chi connectivity index (χ3v) is 6.02. The first kappa shape index (κ1) is 22.1. The van der Waals surface area contributed by atoms with Crippen LogP contribution in [0.3, 0.4) is 0 Å². The topological polar surface area (TPSA) is 71.3 Å². The number of aryl methyl sites for hydroxylation is 3. The fourth-order valence-corrected chi connectivity index (χ4v) is 4.81. The molecule has 2 atom stereocenters. The summed E-state index contributed by atoms with van der Waals surface area (Å²) in [4.78, 5) is 19.6. The van der Waals surface area contributed by atoms with E-state index in [0.717, 1.165) is 41.2 Å². The lowest BCUT2D eigenvalue weighted by atomic mass is 9.91. The summed E-state index contributed by atoms with van der Waals surface area (Å²) < 4.78 is 5.05. The molecule has 1 aliphatic heterocycles. The molecule has 3 heterocycles. The molecule has 0 bridgehead atoms. The molecule has 0 spiro atoms. The van der Waals surface area contributed by atoms with E-state index in [1.807, 2.05) is 13.8 Å². The molecule has 1 aliphatic rings. The van der Waals surface area contributed by atoms with Crippen LogP contribution in [0.5, 0.6) is 0 Å². The van der Waals surface area contributed by atoms with Crippen LogP contribution in [0.2, 0.25) is 0 Å². The molecule has 1 N–H and O–H groups in total. The van der Waals surface area contributed by atoms with Crippen LogP contribution in [0.4, 0.5) is 5.69 Å². The minimum absolute atomic E-state index is 0.236. The van der Waals surface area contributed by atoms with Gasteiger partial charge in [-0.2, -0.15) is 0 Å². The molecule has 1 saturated heterocycles. The average Bonchev–Trinajstić information content (AvgIpc) is 3.17. The number of benzene rings is 1. The highest BCUT2D eigenvalue weighted by Crippen LogP contribution is 2.32. The van der Waals surface area contributed by atoms with Gasteiger partial charge in [0.2, 0.25) is 0 Å². The Kier molecular flexibility index (Phi) is 6.31. The van der Waals surface area contributed by atoms with Crippen molar-refractivity contribution in [2.75, 3.05) is 18.0 Å². The lowest BCUT2D eigenvalue weighted by Crippen LogP contribution is -2.38. The summed E-state index contributed by atoms with van der Waals surface area (Å²) in [5.74, 6) is 1.72. The molecule has 0 radical (unpaired) electrons. The average molecular weight is 433 g/mol. The van der Waals surface area contributed by atoms with Gasteiger partial charge in [-0.3, -0.25) is 9.78 Å². The monoisotopic (exact) mass is 432 g/mol. The number of carbonyl (C=O) groups is 1. The Morgan fingerprint density at radius 2 is 1.75 bits per heavy atom. The van der Waals surface area contributed by atoms with Gasteiger partial charge in [-0.15, -0.1) is 0 Å². The molecule has 4 rings (SSSR count). The van der Waals surface area contributed by atoms with Crippen LogP contribution in [0.15, 0.2) is 40.9 Å². The molecule has 0 saturated carbocycles. The summed E-state index contributed by atoms with van der Waals surface area (Å²) in [6.07, 6.45) is 1.27. The number of nitrogens with one attached hydrogen (secondary N) is 1. The van der Waals surface area contributed by atoms with E-state index >= 15 is 0 Å². The van der Waals surface area contributed by atoms with Gasteiger partial charge in [0.15, 0.2) is 5.69 Å². The lowest BCUT2D eigenvalue weighted by molar-refractivity contribution is 0.0942. The van der Waals surface area contributed by atoms with Crippen molar-refractivity contribution in [3.63, 3.8) is 0 Å². The molecule has 168 valence electrons. The van der Waals surface area contributed by atoms with Crippen LogP contribution >= 0.6 is 0 Å². The Balaban J connectivity index is 1.66. The zero-order chi connectivity index (χ0) is 22.8. The Bertz CT molecular complexity index is 1090. The van der Waals surface area contributed by atoms with Crippen molar-refractivity contribution in [3.8, 4) is 11.1 Å². The van der Waals surface area contributed by atoms with Crippen molar-refractivity contribution in [2.24, 2.45) is 11.8 Å². The first-order valence-electron chi connectivity index (χ1n) is 11.3. The number of hydrogen-bond donors (Lipinski definition) is 1. The van der Waals surface area contributed by atoms with Gasteiger partial charge in [0.25, 0.3) is 5.91 Å². The Morgan fingerprint density at radius 1 is 1.06 bits per heavy atom. The predicted octanol–water partition coefficient (Wildman–Crippen LogP) is 5.07.